The van der Waals surface area contributed by atoms with E-state index < -0.39 is 11.9 Å². The zero-order valence-electron chi connectivity index (χ0n) is 17.6. The number of carboxylic acid groups (broad SMARTS) is 1. The van der Waals surface area contributed by atoms with Crippen molar-refractivity contribution in [2.45, 2.75) is 79.1 Å². The lowest BCUT2D eigenvalue weighted by Gasteiger charge is -2.29. The third kappa shape index (κ3) is 12.2. The number of hydrogen-bond donors (Lipinski definition) is 2. The Balaban J connectivity index is 0.00000115. The molecule has 0 aliphatic heterocycles. The number of H-pyrrole nitrogens is 1. The maximum Gasteiger partial charge on any atom is 0.394 e. The average Bonchev–Trinajstić information content (AvgIpc) is 3.26. The van der Waals surface area contributed by atoms with Gasteiger partial charge in [-0.3, -0.25) is 4.79 Å². The fourth-order valence-corrected chi connectivity index (χ4v) is 3.05. The Hall–Kier alpha value is -1.85. The minimum Gasteiger partial charge on any atom is -0.474 e. The summed E-state index contributed by atoms with van der Waals surface area (Å²) in [6.07, 6.45) is 13.8. The van der Waals surface area contributed by atoms with Crippen molar-refractivity contribution in [3.8, 4) is 0 Å². The van der Waals surface area contributed by atoms with E-state index in [9.17, 15) is 9.59 Å². The van der Waals surface area contributed by atoms with Gasteiger partial charge >= 0.3 is 11.9 Å². The summed E-state index contributed by atoms with van der Waals surface area (Å²) in [6, 6.07) is 0. The Labute approximate surface area is 164 Å². The highest BCUT2D eigenvalue weighted by atomic mass is 16.4. The van der Waals surface area contributed by atoms with Gasteiger partial charge in [-0.2, -0.15) is 0 Å². The third-order valence-corrected chi connectivity index (χ3v) is 4.92. The van der Waals surface area contributed by atoms with E-state index in [1.54, 1.807) is 23.6 Å². The Morgan fingerprint density at radius 1 is 1.00 bits per heavy atom. The summed E-state index contributed by atoms with van der Waals surface area (Å²) in [4.78, 5) is 31.1. The number of nitrogens with zero attached hydrogens (tertiary/aromatic N) is 2. The number of nitrogens with one attached hydrogen (secondary N) is 1. The van der Waals surface area contributed by atoms with E-state index in [1.165, 1.54) is 0 Å². The smallest absolute Gasteiger partial charge is 0.394 e. The number of carbonyl (C=O) groups is 2. The van der Waals surface area contributed by atoms with Crippen LogP contribution < -0.4 is 0 Å². The molecule has 0 radical (unpaired) electrons. The minimum absolute atomic E-state index is 0.409. The SMILES string of the molecule is CCCCC(CC)CN(CC(CC)CCCC)C(=O)C(=O)O.c1c[nH]cn1. The molecule has 1 aromatic heterocycles. The number of imidazole rings is 1. The second kappa shape index (κ2) is 16.3. The number of aliphatic carboxylic acids is 1. The van der Waals surface area contributed by atoms with Gasteiger partial charge in [0.15, 0.2) is 0 Å². The number of carbonyl (C=O) groups excluding carboxylic acids is 1. The number of amides is 1. The molecule has 6 nitrogen and oxygen atoms in total. The predicted octanol–water partition coefficient (Wildman–Crippen LogP) is 4.74. The van der Waals surface area contributed by atoms with Crippen molar-refractivity contribution in [3.63, 3.8) is 0 Å². The van der Waals surface area contributed by atoms with Crippen molar-refractivity contribution in [2.24, 2.45) is 11.8 Å². The van der Waals surface area contributed by atoms with Gasteiger partial charge < -0.3 is 15.0 Å². The van der Waals surface area contributed by atoms with Gasteiger partial charge in [-0.25, -0.2) is 9.78 Å². The largest absolute Gasteiger partial charge is 0.474 e. The molecule has 2 N–H and O–H groups in total. The molecule has 2 atom stereocenters. The van der Waals surface area contributed by atoms with Crippen molar-refractivity contribution >= 4 is 11.9 Å². The Morgan fingerprint density at radius 2 is 1.52 bits per heavy atom. The van der Waals surface area contributed by atoms with E-state index in [2.05, 4.69) is 37.7 Å². The fraction of sp³-hybridized carbons (Fsp3) is 0.762. The van der Waals surface area contributed by atoms with Crippen LogP contribution in [0.2, 0.25) is 0 Å². The first-order chi connectivity index (χ1) is 13.0. The third-order valence-electron chi connectivity index (χ3n) is 4.92. The number of hydrogen-bond acceptors (Lipinski definition) is 3. The minimum atomic E-state index is -1.32. The normalized spacial score (nSPS) is 12.6. The number of carboxylic acids is 1. The average molecular weight is 382 g/mol. The maximum atomic E-state index is 12.0. The molecule has 6 heteroatoms. The van der Waals surface area contributed by atoms with Crippen LogP contribution in [0.3, 0.4) is 0 Å². The van der Waals surface area contributed by atoms with Crippen molar-refractivity contribution in [3.05, 3.63) is 18.7 Å². The predicted molar refractivity (Wildman–Crippen MR) is 109 cm³/mol. The van der Waals surface area contributed by atoms with Crippen molar-refractivity contribution in [1.29, 1.82) is 0 Å². The molecule has 0 aromatic carbocycles. The number of rotatable bonds is 12. The number of aromatic amines is 1. The zero-order chi connectivity index (χ0) is 20.5. The van der Waals surface area contributed by atoms with Gasteiger partial charge in [-0.15, -0.1) is 0 Å². The second-order valence-corrected chi connectivity index (χ2v) is 7.11. The molecule has 0 fully saturated rings. The van der Waals surface area contributed by atoms with Crippen LogP contribution in [-0.4, -0.2) is 44.9 Å². The summed E-state index contributed by atoms with van der Waals surface area (Å²) in [6.45, 7) is 9.74. The molecular weight excluding hydrogens is 342 g/mol. The lowest BCUT2D eigenvalue weighted by atomic mass is 9.95. The zero-order valence-corrected chi connectivity index (χ0v) is 17.6. The van der Waals surface area contributed by atoms with Crippen LogP contribution >= 0.6 is 0 Å². The Bertz CT molecular complexity index is 442. The van der Waals surface area contributed by atoms with Gasteiger partial charge in [0.25, 0.3) is 0 Å². The van der Waals surface area contributed by atoms with Crippen molar-refractivity contribution in [2.75, 3.05) is 13.1 Å². The van der Waals surface area contributed by atoms with Crippen LogP contribution in [0, 0.1) is 11.8 Å². The van der Waals surface area contributed by atoms with Crippen LogP contribution in [-0.2, 0) is 9.59 Å². The summed E-state index contributed by atoms with van der Waals surface area (Å²) in [5, 5.41) is 9.08. The highest BCUT2D eigenvalue weighted by Gasteiger charge is 2.25. The summed E-state index contributed by atoms with van der Waals surface area (Å²) >= 11 is 0. The Kier molecular flexibility index (Phi) is 15.2. The molecule has 1 rings (SSSR count). The molecule has 0 bridgehead atoms. The van der Waals surface area contributed by atoms with E-state index >= 15 is 0 Å². The molecule has 1 amide bonds. The molecule has 2 unspecified atom stereocenters. The standard InChI is InChI=1S/C18H35NO3.C3H4N2/c1-5-9-11-15(7-3)13-19(17(20)18(21)22)14-16(8-4)12-10-6-2;1-2-5-3-4-1/h15-16H,5-14H2,1-4H3,(H,21,22);1-3H,(H,4,5). The molecule has 0 aliphatic rings. The fourth-order valence-electron chi connectivity index (χ4n) is 3.05. The summed E-state index contributed by atoms with van der Waals surface area (Å²) < 4.78 is 0. The Morgan fingerprint density at radius 3 is 1.78 bits per heavy atom. The van der Waals surface area contributed by atoms with Gasteiger partial charge in [0, 0.05) is 25.5 Å². The lowest BCUT2D eigenvalue weighted by molar-refractivity contribution is -0.156. The first-order valence-corrected chi connectivity index (χ1v) is 10.4. The number of unbranched alkanes of at least 4 members (excludes halogenated alkanes) is 2. The van der Waals surface area contributed by atoms with E-state index in [1.807, 2.05) is 0 Å². The van der Waals surface area contributed by atoms with E-state index in [0.29, 0.717) is 24.9 Å². The molecule has 0 saturated heterocycles. The second-order valence-electron chi connectivity index (χ2n) is 7.11. The van der Waals surface area contributed by atoms with Crippen LogP contribution in [0.15, 0.2) is 18.7 Å². The summed E-state index contributed by atoms with van der Waals surface area (Å²) in [5.41, 5.74) is 0. The van der Waals surface area contributed by atoms with Gasteiger partial charge in [-0.05, 0) is 24.7 Å². The molecular formula is C21H39N3O3. The van der Waals surface area contributed by atoms with E-state index in [0.717, 1.165) is 51.4 Å². The molecule has 0 aliphatic carbocycles. The monoisotopic (exact) mass is 381 g/mol. The number of aromatic nitrogens is 2. The van der Waals surface area contributed by atoms with Crippen LogP contribution in [0.5, 0.6) is 0 Å². The van der Waals surface area contributed by atoms with Gasteiger partial charge in [0.2, 0.25) is 0 Å². The first-order valence-electron chi connectivity index (χ1n) is 10.4. The van der Waals surface area contributed by atoms with Crippen LogP contribution in [0.4, 0.5) is 0 Å². The molecule has 156 valence electrons. The van der Waals surface area contributed by atoms with Crippen molar-refractivity contribution in [1.82, 2.24) is 14.9 Å². The highest BCUT2D eigenvalue weighted by Crippen LogP contribution is 2.19. The molecule has 27 heavy (non-hydrogen) atoms. The first kappa shape index (κ1) is 25.1. The van der Waals surface area contributed by atoms with Gasteiger partial charge in [0.05, 0.1) is 6.33 Å². The molecule has 1 heterocycles. The lowest BCUT2D eigenvalue weighted by Crippen LogP contribution is -2.42. The van der Waals surface area contributed by atoms with Crippen LogP contribution in [0.1, 0.15) is 79.1 Å². The van der Waals surface area contributed by atoms with E-state index in [4.69, 9.17) is 5.11 Å². The van der Waals surface area contributed by atoms with Crippen LogP contribution in [0.25, 0.3) is 0 Å². The quantitative estimate of drug-likeness (QED) is 0.512. The van der Waals surface area contributed by atoms with Gasteiger partial charge in [0.1, 0.15) is 0 Å². The topological polar surface area (TPSA) is 86.3 Å². The van der Waals surface area contributed by atoms with E-state index in [-0.39, 0.29) is 0 Å². The summed E-state index contributed by atoms with van der Waals surface area (Å²) in [7, 11) is 0. The summed E-state index contributed by atoms with van der Waals surface area (Å²) in [5.74, 6) is -1.24. The van der Waals surface area contributed by atoms with Gasteiger partial charge in [-0.1, -0.05) is 66.2 Å². The molecule has 0 saturated carbocycles. The highest BCUT2D eigenvalue weighted by molar-refractivity contribution is 6.31. The van der Waals surface area contributed by atoms with Crippen molar-refractivity contribution < 1.29 is 14.7 Å². The molecule has 1 aromatic rings. The maximum absolute atomic E-state index is 12.0. The molecule has 0 spiro atoms.